The number of alkyl halides is 6. The Labute approximate surface area is 749 Å². The van der Waals surface area contributed by atoms with Crippen molar-refractivity contribution in [3.63, 3.8) is 0 Å². The topological polar surface area (TPSA) is 478 Å². The van der Waals surface area contributed by atoms with E-state index in [1.165, 1.54) is 50.3 Å². The SMILES string of the molecule is CCC(C)CN.CCC(C)CN.CCC(C)CN.CCC(C)CN.CCC(C)CN.CCC(C)CNC(=O)c1cc(B(O)O)cc(C(F)(F)F)c1.CCC(C)CNC(=O)c1cc(F)cc(B(O)O)c1.CCC(C)CNC(=O)c1ccc(B(O)O)c(F)c1F.CCC(C)CNC(=O)c1ccc(B(O)O)cc1C(F)(F)F.CCC(C)CNC(=O)c1ccc(B(O)O)cc1F. The molecule has 10 atom stereocenters. The van der Waals surface area contributed by atoms with E-state index >= 15 is 0 Å². The maximum atomic E-state index is 13.6. The summed E-state index contributed by atoms with van der Waals surface area (Å²) in [6.07, 6.45) is 0.932. The van der Waals surface area contributed by atoms with E-state index in [9.17, 15) is 67.9 Å². The van der Waals surface area contributed by atoms with E-state index in [-0.39, 0.29) is 62.8 Å². The maximum absolute atomic E-state index is 13.6. The molecule has 0 saturated carbocycles. The third-order valence-corrected chi connectivity index (χ3v) is 20.4. The Morgan fingerprint density at radius 2 is 0.583 bits per heavy atom. The van der Waals surface area contributed by atoms with Crippen molar-refractivity contribution in [3.8, 4) is 0 Å². The van der Waals surface area contributed by atoms with Gasteiger partial charge in [-0.2, -0.15) is 26.3 Å². The molecule has 0 aliphatic heterocycles. The minimum atomic E-state index is -4.76. The Bertz CT molecular complexity index is 3740. The number of carbonyl (C=O) groups is 5. The van der Waals surface area contributed by atoms with Gasteiger partial charge in [0, 0.05) is 49.3 Å². The first-order valence-electron chi connectivity index (χ1n) is 43.4. The molecule has 0 aliphatic carbocycles. The molecule has 0 fully saturated rings. The summed E-state index contributed by atoms with van der Waals surface area (Å²) < 4.78 is 131. The van der Waals surface area contributed by atoms with Gasteiger partial charge in [0.1, 0.15) is 11.6 Å². The molecule has 722 valence electrons. The number of nitrogens with one attached hydrogen (secondary N) is 5. The second kappa shape index (κ2) is 71.3. The van der Waals surface area contributed by atoms with Crippen LogP contribution in [-0.4, -0.2) is 181 Å². The van der Waals surface area contributed by atoms with E-state index in [0.29, 0.717) is 85.8 Å². The van der Waals surface area contributed by atoms with Crippen molar-refractivity contribution in [1.29, 1.82) is 0 Å². The Kier molecular flexibility index (Phi) is 71.8. The highest BCUT2D eigenvalue weighted by atomic mass is 19.4. The lowest BCUT2D eigenvalue weighted by atomic mass is 9.78. The lowest BCUT2D eigenvalue weighted by molar-refractivity contribution is -0.138. The van der Waals surface area contributed by atoms with E-state index in [0.717, 1.165) is 113 Å². The predicted octanol–water partition coefficient (Wildman–Crippen LogP) is 8.26. The van der Waals surface area contributed by atoms with Gasteiger partial charge in [-0.05, 0) is 174 Å². The fourth-order valence-corrected chi connectivity index (χ4v) is 8.34. The van der Waals surface area contributed by atoms with E-state index in [4.69, 9.17) is 78.9 Å². The van der Waals surface area contributed by atoms with Crippen molar-refractivity contribution in [3.05, 3.63) is 147 Å². The summed E-state index contributed by atoms with van der Waals surface area (Å²) in [7, 11) is -9.75. The van der Waals surface area contributed by atoms with Crippen LogP contribution in [-0.2, 0) is 12.4 Å². The van der Waals surface area contributed by atoms with E-state index < -0.39 is 128 Å². The van der Waals surface area contributed by atoms with Crippen LogP contribution in [0.15, 0.2) is 84.9 Å². The Morgan fingerprint density at radius 3 is 0.858 bits per heavy atom. The molecule has 40 heteroatoms. The molecule has 0 spiro atoms. The standard InChI is InChI=1S/2C13H17BF3NO3.C12H16BF2NO3.2C12H17BFNO3.5C5H13N/c1-3-8(2)7-18-12(19)9-4-10(13(15,16)17)6-11(5-9)14(20)21;1-3-8(2)7-18-12(19)10-5-4-9(14(20)21)6-11(10)13(15,16)17;1-3-7(2)6-16-12(17)8-4-5-9(13(18)19)11(15)10(8)14;1-3-8(2)7-15-12(16)9-4-10(13(17)18)6-11(14)5-9;1-3-8(2)7-15-12(16)10-5-4-9(13(17)18)6-11(10)14;5*1-3-5(2)4-6/h2*4-6,8,20-21H,3,7H2,1-2H3,(H,18,19);4-5,7,18-19H,3,6H2,1-2H3,(H,16,17);2*4-6,8,17-18H,3,7H2,1-2H3,(H,15,16);5*5H,3-4,6H2,1-2H3. The first kappa shape index (κ1) is 128. The number of hydrogen-bond donors (Lipinski definition) is 20. The van der Waals surface area contributed by atoms with Gasteiger partial charge in [0.2, 0.25) is 0 Å². The largest absolute Gasteiger partial charge is 0.491 e. The second-order valence-corrected chi connectivity index (χ2v) is 31.7. The number of carbonyl (C=O) groups excluding carboxylic acids is 5. The Morgan fingerprint density at radius 1 is 0.307 bits per heavy atom. The van der Waals surface area contributed by atoms with Crippen molar-refractivity contribution in [2.75, 3.05) is 65.4 Å². The molecule has 0 saturated heterocycles. The summed E-state index contributed by atoms with van der Waals surface area (Å²) in [5.41, 5.74) is 21.6. The fourth-order valence-electron chi connectivity index (χ4n) is 8.34. The number of nitrogens with two attached hydrogens (primary N) is 5. The molecule has 0 bridgehead atoms. The van der Waals surface area contributed by atoms with E-state index in [1.807, 2.05) is 69.2 Å². The highest BCUT2D eigenvalue weighted by molar-refractivity contribution is 6.60. The van der Waals surface area contributed by atoms with Crippen LogP contribution in [0, 0.1) is 82.4 Å². The van der Waals surface area contributed by atoms with Crippen LogP contribution >= 0.6 is 0 Å². The minimum Gasteiger partial charge on any atom is -0.423 e. The first-order valence-corrected chi connectivity index (χ1v) is 43.4. The average molecular weight is 1820 g/mol. The summed E-state index contributed by atoms with van der Waals surface area (Å²) in [5, 5.41) is 102. The molecular weight excluding hydrogens is 1670 g/mol. The van der Waals surface area contributed by atoms with Crippen molar-refractivity contribution in [1.82, 2.24) is 26.6 Å². The fraction of sp³-hybridized carbons (Fsp3) is 0.598. The van der Waals surface area contributed by atoms with Crippen molar-refractivity contribution < 1.29 is 118 Å². The predicted molar refractivity (Wildman–Crippen MR) is 493 cm³/mol. The zero-order valence-electron chi connectivity index (χ0n) is 78.1. The molecule has 5 rings (SSSR count). The van der Waals surface area contributed by atoms with Crippen molar-refractivity contribution in [2.45, 2.75) is 215 Å². The monoisotopic (exact) mass is 1820 g/mol. The lowest BCUT2D eigenvalue weighted by Gasteiger charge is -2.15. The molecule has 10 unspecified atom stereocenters. The number of rotatable bonds is 35. The summed E-state index contributed by atoms with van der Waals surface area (Å²) in [6.45, 7) is 47.1. The van der Waals surface area contributed by atoms with Gasteiger partial charge < -0.3 is 105 Å². The third kappa shape index (κ3) is 58.0. The van der Waals surface area contributed by atoms with Crippen molar-refractivity contribution in [2.24, 2.45) is 87.8 Å². The molecule has 5 aromatic rings. The highest BCUT2D eigenvalue weighted by Gasteiger charge is 2.37. The summed E-state index contributed by atoms with van der Waals surface area (Å²) in [6, 6.07) is 13.8. The summed E-state index contributed by atoms with van der Waals surface area (Å²) in [4.78, 5) is 58.9. The van der Waals surface area contributed by atoms with Gasteiger partial charge in [0.25, 0.3) is 29.5 Å². The van der Waals surface area contributed by atoms with Crippen LogP contribution in [0.4, 0.5) is 43.9 Å². The molecule has 0 aliphatic rings. The smallest absolute Gasteiger partial charge is 0.423 e. The lowest BCUT2D eigenvalue weighted by Crippen LogP contribution is -2.35. The number of benzene rings is 5. The van der Waals surface area contributed by atoms with Crippen LogP contribution in [0.25, 0.3) is 0 Å². The number of amides is 5. The second-order valence-electron chi connectivity index (χ2n) is 31.7. The van der Waals surface area contributed by atoms with Crippen molar-refractivity contribution >= 4 is 92.4 Å². The normalized spacial score (nSPS) is 12.9. The van der Waals surface area contributed by atoms with Gasteiger partial charge >= 0.3 is 47.9 Å². The van der Waals surface area contributed by atoms with E-state index in [1.54, 1.807) is 0 Å². The van der Waals surface area contributed by atoms with Crippen LogP contribution in [0.3, 0.4) is 0 Å². The van der Waals surface area contributed by atoms with Gasteiger partial charge in [0.15, 0.2) is 11.6 Å². The van der Waals surface area contributed by atoms with Crippen LogP contribution in [0.2, 0.25) is 0 Å². The molecule has 25 N–H and O–H groups in total. The molecule has 5 amide bonds. The minimum absolute atomic E-state index is 0.0194. The molecule has 5 aromatic carbocycles. The number of halogens is 10. The van der Waals surface area contributed by atoms with Gasteiger partial charge in [-0.1, -0.05) is 227 Å². The quantitative estimate of drug-likeness (QED) is 0.0134. The first-order chi connectivity index (χ1) is 59.1. The number of hydrogen-bond acceptors (Lipinski definition) is 20. The van der Waals surface area contributed by atoms with Gasteiger partial charge in [-0.3, -0.25) is 24.0 Å². The third-order valence-electron chi connectivity index (χ3n) is 20.4. The van der Waals surface area contributed by atoms with Crippen LogP contribution in [0.1, 0.15) is 266 Å². The highest BCUT2D eigenvalue weighted by Crippen LogP contribution is 2.32. The van der Waals surface area contributed by atoms with Gasteiger partial charge in [0.05, 0.1) is 27.8 Å². The van der Waals surface area contributed by atoms with E-state index in [2.05, 4.69) is 95.8 Å². The molecule has 25 nitrogen and oxygen atoms in total. The molecular formula is C87H149B5F10N10O15. The summed E-state index contributed by atoms with van der Waals surface area (Å²) in [5.74, 6) is -2.57. The zero-order valence-corrected chi connectivity index (χ0v) is 78.1. The molecule has 0 radical (unpaired) electrons. The molecule has 0 heterocycles. The summed E-state index contributed by atoms with van der Waals surface area (Å²) >= 11 is 0. The van der Waals surface area contributed by atoms with Crippen LogP contribution in [0.5, 0.6) is 0 Å². The Balaban J connectivity index is -0.000000451. The molecule has 0 aromatic heterocycles. The average Bonchev–Trinajstić information content (AvgIpc) is 0.833. The molecule has 127 heavy (non-hydrogen) atoms. The zero-order chi connectivity index (χ0) is 99.4. The van der Waals surface area contributed by atoms with Gasteiger partial charge in [-0.15, -0.1) is 0 Å². The van der Waals surface area contributed by atoms with Crippen LogP contribution < -0.4 is 82.6 Å². The Hall–Kier alpha value is -7.53. The maximum Gasteiger partial charge on any atom is 0.491 e. The van der Waals surface area contributed by atoms with Gasteiger partial charge in [-0.25, -0.2) is 17.6 Å².